The molecular formula is C20H20O5. The van der Waals surface area contributed by atoms with Crippen LogP contribution in [0.3, 0.4) is 0 Å². The number of ether oxygens (including phenoxy) is 2. The second-order valence-corrected chi connectivity index (χ2v) is 5.82. The molecule has 5 heteroatoms. The molecule has 1 aliphatic heterocycles. The molecule has 0 bridgehead atoms. The van der Waals surface area contributed by atoms with E-state index in [4.69, 9.17) is 13.9 Å². The minimum absolute atomic E-state index is 0.0896. The fraction of sp³-hybridized carbons (Fsp3) is 0.300. The van der Waals surface area contributed by atoms with E-state index in [2.05, 4.69) is 0 Å². The summed E-state index contributed by atoms with van der Waals surface area (Å²) in [6.45, 7) is 3.83. The SMILES string of the molecule is CCOC(=O)C1=C[C@@H](c2ccco2)[C@](CC)(c2ccccc2)C(=O)O1. The van der Waals surface area contributed by atoms with E-state index in [-0.39, 0.29) is 12.4 Å². The van der Waals surface area contributed by atoms with Crippen molar-refractivity contribution >= 4 is 11.9 Å². The first kappa shape index (κ1) is 17.0. The van der Waals surface area contributed by atoms with Gasteiger partial charge in [0.1, 0.15) is 11.2 Å². The van der Waals surface area contributed by atoms with Crippen molar-refractivity contribution in [3.05, 3.63) is 71.9 Å². The standard InChI is InChI=1S/C20H20O5/c1-3-20(14-9-6-5-7-10-14)15(16-11-8-12-24-16)13-17(25-19(20)22)18(21)23-4-2/h5-13,15H,3-4H2,1-2H3/t15-,20-/m0/s1. The number of carbonyl (C=O) groups is 2. The lowest BCUT2D eigenvalue weighted by atomic mass is 9.66. The molecule has 2 aromatic rings. The Labute approximate surface area is 146 Å². The number of carbonyl (C=O) groups excluding carboxylic acids is 2. The third kappa shape index (κ3) is 2.86. The molecule has 0 unspecified atom stereocenters. The minimum Gasteiger partial charge on any atom is -0.469 e. The third-order valence-corrected chi connectivity index (χ3v) is 4.59. The van der Waals surface area contributed by atoms with Crippen molar-refractivity contribution in [1.29, 1.82) is 0 Å². The van der Waals surface area contributed by atoms with E-state index in [9.17, 15) is 9.59 Å². The van der Waals surface area contributed by atoms with E-state index in [0.29, 0.717) is 12.2 Å². The number of hydrogen-bond acceptors (Lipinski definition) is 5. The van der Waals surface area contributed by atoms with Crippen molar-refractivity contribution in [2.24, 2.45) is 0 Å². The number of allylic oxidation sites excluding steroid dienone is 1. The molecule has 0 saturated carbocycles. The van der Waals surface area contributed by atoms with Gasteiger partial charge in [0.15, 0.2) is 0 Å². The summed E-state index contributed by atoms with van der Waals surface area (Å²) in [4.78, 5) is 25.2. The Balaban J connectivity index is 2.16. The van der Waals surface area contributed by atoms with Gasteiger partial charge in [0.2, 0.25) is 5.76 Å². The van der Waals surface area contributed by atoms with E-state index in [0.717, 1.165) is 5.56 Å². The van der Waals surface area contributed by atoms with Gasteiger partial charge in [0.05, 0.1) is 18.8 Å². The molecule has 3 rings (SSSR count). The highest BCUT2D eigenvalue weighted by molar-refractivity contribution is 5.95. The lowest BCUT2D eigenvalue weighted by Gasteiger charge is -2.39. The van der Waals surface area contributed by atoms with Gasteiger partial charge in [0.25, 0.3) is 0 Å². The van der Waals surface area contributed by atoms with Gasteiger partial charge in [-0.15, -0.1) is 0 Å². The molecule has 1 aromatic carbocycles. The summed E-state index contributed by atoms with van der Waals surface area (Å²) in [7, 11) is 0. The maximum absolute atomic E-state index is 13.1. The second kappa shape index (κ2) is 6.97. The van der Waals surface area contributed by atoms with Crippen LogP contribution in [0.15, 0.2) is 65.0 Å². The van der Waals surface area contributed by atoms with Crippen molar-refractivity contribution in [2.45, 2.75) is 31.6 Å². The lowest BCUT2D eigenvalue weighted by molar-refractivity contribution is -0.157. The first-order chi connectivity index (χ1) is 12.1. The Morgan fingerprint density at radius 2 is 1.92 bits per heavy atom. The summed E-state index contributed by atoms with van der Waals surface area (Å²) < 4.78 is 16.0. The monoisotopic (exact) mass is 340 g/mol. The van der Waals surface area contributed by atoms with Crippen LogP contribution in [0, 0.1) is 0 Å². The van der Waals surface area contributed by atoms with Gasteiger partial charge < -0.3 is 13.9 Å². The molecule has 25 heavy (non-hydrogen) atoms. The van der Waals surface area contributed by atoms with E-state index in [1.807, 2.05) is 37.3 Å². The number of hydrogen-bond donors (Lipinski definition) is 0. The molecule has 2 atom stereocenters. The maximum Gasteiger partial charge on any atom is 0.374 e. The molecule has 1 aliphatic rings. The fourth-order valence-electron chi connectivity index (χ4n) is 3.35. The summed E-state index contributed by atoms with van der Waals surface area (Å²) in [5, 5.41) is 0. The number of furan rings is 1. The fourth-order valence-corrected chi connectivity index (χ4v) is 3.35. The minimum atomic E-state index is -0.963. The van der Waals surface area contributed by atoms with Crippen LogP contribution in [0.5, 0.6) is 0 Å². The molecule has 2 heterocycles. The number of benzene rings is 1. The van der Waals surface area contributed by atoms with Crippen LogP contribution >= 0.6 is 0 Å². The zero-order valence-electron chi connectivity index (χ0n) is 14.2. The van der Waals surface area contributed by atoms with E-state index in [1.54, 1.807) is 31.4 Å². The quantitative estimate of drug-likeness (QED) is 0.776. The molecule has 0 N–H and O–H groups in total. The average molecular weight is 340 g/mol. The van der Waals surface area contributed by atoms with Crippen molar-refractivity contribution in [1.82, 2.24) is 0 Å². The first-order valence-electron chi connectivity index (χ1n) is 8.33. The third-order valence-electron chi connectivity index (χ3n) is 4.59. The number of rotatable bonds is 5. The molecule has 5 nitrogen and oxygen atoms in total. The van der Waals surface area contributed by atoms with E-state index >= 15 is 0 Å². The molecule has 1 aromatic heterocycles. The lowest BCUT2D eigenvalue weighted by Crippen LogP contribution is -2.45. The molecule has 130 valence electrons. The highest BCUT2D eigenvalue weighted by Crippen LogP contribution is 2.47. The highest BCUT2D eigenvalue weighted by atomic mass is 16.6. The average Bonchev–Trinajstić information content (AvgIpc) is 3.16. The summed E-state index contributed by atoms with van der Waals surface area (Å²) in [6.07, 6.45) is 3.68. The highest BCUT2D eigenvalue weighted by Gasteiger charge is 2.52. The summed E-state index contributed by atoms with van der Waals surface area (Å²) in [5.41, 5.74) is -0.141. The van der Waals surface area contributed by atoms with Crippen molar-refractivity contribution < 1.29 is 23.5 Å². The topological polar surface area (TPSA) is 65.7 Å². The van der Waals surface area contributed by atoms with Crippen LogP contribution in [0.2, 0.25) is 0 Å². The van der Waals surface area contributed by atoms with Gasteiger partial charge >= 0.3 is 11.9 Å². The second-order valence-electron chi connectivity index (χ2n) is 5.82. The molecular weight excluding hydrogens is 320 g/mol. The zero-order chi connectivity index (χ0) is 17.9. The van der Waals surface area contributed by atoms with Crippen molar-refractivity contribution in [3.8, 4) is 0 Å². The normalized spacial score (nSPS) is 22.9. The summed E-state index contributed by atoms with van der Waals surface area (Å²) in [6, 6.07) is 13.0. The van der Waals surface area contributed by atoms with E-state index < -0.39 is 23.3 Å². The Bertz CT molecular complexity index is 776. The van der Waals surface area contributed by atoms with Crippen LogP contribution in [-0.2, 0) is 24.5 Å². The van der Waals surface area contributed by atoms with Gasteiger partial charge in [-0.3, -0.25) is 4.79 Å². The summed E-state index contributed by atoms with van der Waals surface area (Å²) in [5.74, 6) is -1.08. The molecule has 0 aliphatic carbocycles. The van der Waals surface area contributed by atoms with Crippen LogP contribution < -0.4 is 0 Å². The molecule has 0 saturated heterocycles. The van der Waals surface area contributed by atoms with Gasteiger partial charge in [-0.2, -0.15) is 0 Å². The van der Waals surface area contributed by atoms with Gasteiger partial charge in [-0.1, -0.05) is 37.3 Å². The predicted octanol–water partition coefficient (Wildman–Crippen LogP) is 3.72. The van der Waals surface area contributed by atoms with Crippen molar-refractivity contribution in [3.63, 3.8) is 0 Å². The Hall–Kier alpha value is -2.82. The van der Waals surface area contributed by atoms with Gasteiger partial charge in [0, 0.05) is 0 Å². The largest absolute Gasteiger partial charge is 0.469 e. The van der Waals surface area contributed by atoms with Gasteiger partial charge in [-0.05, 0) is 37.1 Å². The Kier molecular flexibility index (Phi) is 4.74. The Morgan fingerprint density at radius 1 is 1.16 bits per heavy atom. The summed E-state index contributed by atoms with van der Waals surface area (Å²) >= 11 is 0. The van der Waals surface area contributed by atoms with Crippen LogP contribution in [-0.4, -0.2) is 18.5 Å². The molecule has 0 fully saturated rings. The predicted molar refractivity (Wildman–Crippen MR) is 90.7 cm³/mol. The van der Waals surface area contributed by atoms with Crippen LogP contribution in [0.1, 0.15) is 37.5 Å². The first-order valence-corrected chi connectivity index (χ1v) is 8.33. The van der Waals surface area contributed by atoms with Crippen LogP contribution in [0.25, 0.3) is 0 Å². The number of esters is 2. The molecule has 0 amide bonds. The number of cyclic esters (lactones) is 1. The molecule has 0 spiro atoms. The van der Waals surface area contributed by atoms with Crippen molar-refractivity contribution in [2.75, 3.05) is 6.61 Å². The zero-order valence-corrected chi connectivity index (χ0v) is 14.2. The Morgan fingerprint density at radius 3 is 2.52 bits per heavy atom. The van der Waals surface area contributed by atoms with Gasteiger partial charge in [-0.25, -0.2) is 4.79 Å². The van der Waals surface area contributed by atoms with E-state index in [1.165, 1.54) is 0 Å². The molecule has 0 radical (unpaired) electrons. The maximum atomic E-state index is 13.1. The van der Waals surface area contributed by atoms with Crippen LogP contribution in [0.4, 0.5) is 0 Å². The smallest absolute Gasteiger partial charge is 0.374 e.